The molecule has 0 saturated heterocycles. The summed E-state index contributed by atoms with van der Waals surface area (Å²) in [6, 6.07) is 0.493. The Balaban J connectivity index is 2.67. The predicted molar refractivity (Wildman–Crippen MR) is 63.9 cm³/mol. The second-order valence-corrected chi connectivity index (χ2v) is 5.12. The van der Waals surface area contributed by atoms with Crippen molar-refractivity contribution in [2.45, 2.75) is 46.7 Å². The van der Waals surface area contributed by atoms with Gasteiger partial charge in [0.05, 0.1) is 6.20 Å². The standard InChI is InChI=1S/C12H23N3/c1-6-15-9-10(8-14-15)7-11(13-5)12(2,3)4/h8-9,11,13H,6-7H2,1-5H3. The van der Waals surface area contributed by atoms with Crippen LogP contribution in [0.1, 0.15) is 33.3 Å². The van der Waals surface area contributed by atoms with Crippen LogP contribution in [0.2, 0.25) is 0 Å². The van der Waals surface area contributed by atoms with Crippen LogP contribution in [0.5, 0.6) is 0 Å². The molecule has 0 aliphatic rings. The summed E-state index contributed by atoms with van der Waals surface area (Å²) in [4.78, 5) is 0. The van der Waals surface area contributed by atoms with Gasteiger partial charge in [-0.2, -0.15) is 5.10 Å². The first-order chi connectivity index (χ1) is 6.97. The van der Waals surface area contributed by atoms with E-state index in [-0.39, 0.29) is 5.41 Å². The van der Waals surface area contributed by atoms with E-state index in [0.717, 1.165) is 13.0 Å². The lowest BCUT2D eigenvalue weighted by atomic mass is 9.83. The highest BCUT2D eigenvalue weighted by atomic mass is 15.3. The fourth-order valence-corrected chi connectivity index (χ4v) is 1.76. The number of likely N-dealkylation sites (N-methyl/N-ethyl adjacent to an activating group) is 1. The van der Waals surface area contributed by atoms with Gasteiger partial charge in [0.15, 0.2) is 0 Å². The minimum Gasteiger partial charge on any atom is -0.316 e. The summed E-state index contributed by atoms with van der Waals surface area (Å²) in [5, 5.41) is 7.67. The van der Waals surface area contributed by atoms with Crippen LogP contribution in [0.25, 0.3) is 0 Å². The highest BCUT2D eigenvalue weighted by Crippen LogP contribution is 2.22. The van der Waals surface area contributed by atoms with Gasteiger partial charge in [0.1, 0.15) is 0 Å². The van der Waals surface area contributed by atoms with Crippen molar-refractivity contribution < 1.29 is 0 Å². The second kappa shape index (κ2) is 4.79. The molecule has 3 nitrogen and oxygen atoms in total. The number of nitrogens with zero attached hydrogens (tertiary/aromatic N) is 2. The summed E-state index contributed by atoms with van der Waals surface area (Å²) in [6.45, 7) is 9.84. The zero-order valence-corrected chi connectivity index (χ0v) is 10.5. The first kappa shape index (κ1) is 12.2. The first-order valence-electron chi connectivity index (χ1n) is 5.66. The Morgan fingerprint density at radius 2 is 2.13 bits per heavy atom. The third kappa shape index (κ3) is 3.34. The van der Waals surface area contributed by atoms with Crippen molar-refractivity contribution in [2.75, 3.05) is 7.05 Å². The smallest absolute Gasteiger partial charge is 0.0522 e. The van der Waals surface area contributed by atoms with Gasteiger partial charge in [-0.25, -0.2) is 0 Å². The predicted octanol–water partition coefficient (Wildman–Crippen LogP) is 2.08. The maximum Gasteiger partial charge on any atom is 0.0522 e. The molecule has 1 aromatic heterocycles. The van der Waals surface area contributed by atoms with Gasteiger partial charge in [0, 0.05) is 18.8 Å². The highest BCUT2D eigenvalue weighted by molar-refractivity contribution is 5.07. The van der Waals surface area contributed by atoms with E-state index in [9.17, 15) is 0 Å². The third-order valence-electron chi connectivity index (χ3n) is 2.84. The van der Waals surface area contributed by atoms with Crippen LogP contribution in [-0.2, 0) is 13.0 Å². The van der Waals surface area contributed by atoms with E-state index in [4.69, 9.17) is 0 Å². The molecule has 0 bridgehead atoms. The van der Waals surface area contributed by atoms with Gasteiger partial charge in [0.2, 0.25) is 0 Å². The zero-order chi connectivity index (χ0) is 11.5. The number of hydrogen-bond acceptors (Lipinski definition) is 2. The molecule has 1 rings (SSSR count). The molecule has 15 heavy (non-hydrogen) atoms. The van der Waals surface area contributed by atoms with Gasteiger partial charge in [0.25, 0.3) is 0 Å². The summed E-state index contributed by atoms with van der Waals surface area (Å²) in [5.41, 5.74) is 1.59. The topological polar surface area (TPSA) is 29.9 Å². The zero-order valence-electron chi connectivity index (χ0n) is 10.5. The lowest BCUT2D eigenvalue weighted by molar-refractivity contribution is 0.280. The minimum absolute atomic E-state index is 0.281. The summed E-state index contributed by atoms with van der Waals surface area (Å²) >= 11 is 0. The number of nitrogens with one attached hydrogen (secondary N) is 1. The molecule has 0 aromatic carbocycles. The van der Waals surface area contributed by atoms with Crippen LogP contribution in [0.4, 0.5) is 0 Å². The van der Waals surface area contributed by atoms with Gasteiger partial charge < -0.3 is 5.32 Å². The fraction of sp³-hybridized carbons (Fsp3) is 0.750. The molecular weight excluding hydrogens is 186 g/mol. The molecule has 1 unspecified atom stereocenters. The molecule has 0 aliphatic heterocycles. The van der Waals surface area contributed by atoms with Crippen LogP contribution < -0.4 is 5.32 Å². The SMILES string of the molecule is CCn1cc(CC(NC)C(C)(C)C)cn1. The molecule has 1 atom stereocenters. The molecule has 86 valence electrons. The van der Waals surface area contributed by atoms with E-state index in [1.165, 1.54) is 5.56 Å². The Labute approximate surface area is 92.9 Å². The van der Waals surface area contributed by atoms with Crippen molar-refractivity contribution in [2.24, 2.45) is 5.41 Å². The maximum atomic E-state index is 4.29. The molecule has 0 radical (unpaired) electrons. The minimum atomic E-state index is 0.281. The van der Waals surface area contributed by atoms with Gasteiger partial charge in [-0.1, -0.05) is 20.8 Å². The van der Waals surface area contributed by atoms with E-state index >= 15 is 0 Å². The first-order valence-corrected chi connectivity index (χ1v) is 5.66. The summed E-state index contributed by atoms with van der Waals surface area (Å²) in [5.74, 6) is 0. The van der Waals surface area contributed by atoms with Gasteiger partial charge in [-0.05, 0) is 31.4 Å². The normalized spacial score (nSPS) is 14.2. The van der Waals surface area contributed by atoms with Crippen molar-refractivity contribution in [1.29, 1.82) is 0 Å². The number of rotatable bonds is 4. The Kier molecular flexibility index (Phi) is 3.91. The van der Waals surface area contributed by atoms with Crippen molar-refractivity contribution >= 4 is 0 Å². The Morgan fingerprint density at radius 3 is 2.53 bits per heavy atom. The van der Waals surface area contributed by atoms with Crippen molar-refractivity contribution in [3.05, 3.63) is 18.0 Å². The molecule has 1 heterocycles. The molecule has 3 heteroatoms. The van der Waals surface area contributed by atoms with E-state index in [1.807, 2.05) is 17.9 Å². The number of hydrogen-bond donors (Lipinski definition) is 1. The summed E-state index contributed by atoms with van der Waals surface area (Å²) < 4.78 is 1.98. The maximum absolute atomic E-state index is 4.29. The largest absolute Gasteiger partial charge is 0.316 e. The number of aryl methyl sites for hydroxylation is 1. The van der Waals surface area contributed by atoms with Crippen molar-refractivity contribution in [3.63, 3.8) is 0 Å². The Morgan fingerprint density at radius 1 is 1.47 bits per heavy atom. The Bertz CT molecular complexity index is 296. The lowest BCUT2D eigenvalue weighted by Gasteiger charge is -2.30. The number of aromatic nitrogens is 2. The van der Waals surface area contributed by atoms with E-state index in [1.54, 1.807) is 0 Å². The molecule has 0 aliphatic carbocycles. The van der Waals surface area contributed by atoms with Gasteiger partial charge in [-0.15, -0.1) is 0 Å². The molecular formula is C12H23N3. The summed E-state index contributed by atoms with van der Waals surface area (Å²) in [7, 11) is 2.03. The molecule has 1 N–H and O–H groups in total. The highest BCUT2D eigenvalue weighted by Gasteiger charge is 2.23. The summed E-state index contributed by atoms with van der Waals surface area (Å²) in [6.07, 6.45) is 5.15. The quantitative estimate of drug-likeness (QED) is 0.823. The molecule has 0 spiro atoms. The van der Waals surface area contributed by atoms with E-state index < -0.39 is 0 Å². The van der Waals surface area contributed by atoms with Crippen molar-refractivity contribution in [1.82, 2.24) is 15.1 Å². The van der Waals surface area contributed by atoms with Gasteiger partial charge >= 0.3 is 0 Å². The van der Waals surface area contributed by atoms with Crippen molar-refractivity contribution in [3.8, 4) is 0 Å². The molecule has 0 saturated carbocycles. The van der Waals surface area contributed by atoms with Crippen LogP contribution in [0.15, 0.2) is 12.4 Å². The van der Waals surface area contributed by atoms with E-state index in [0.29, 0.717) is 6.04 Å². The molecule has 1 aromatic rings. The van der Waals surface area contributed by atoms with Gasteiger partial charge in [-0.3, -0.25) is 4.68 Å². The average Bonchev–Trinajstić information content (AvgIpc) is 2.59. The van der Waals surface area contributed by atoms with Crippen LogP contribution in [-0.4, -0.2) is 22.9 Å². The average molecular weight is 209 g/mol. The lowest BCUT2D eigenvalue weighted by Crippen LogP contribution is -2.39. The second-order valence-electron chi connectivity index (χ2n) is 5.12. The Hall–Kier alpha value is -0.830. The van der Waals surface area contributed by atoms with Crippen LogP contribution >= 0.6 is 0 Å². The third-order valence-corrected chi connectivity index (χ3v) is 2.84. The van der Waals surface area contributed by atoms with Crippen LogP contribution in [0.3, 0.4) is 0 Å². The van der Waals surface area contributed by atoms with E-state index in [2.05, 4.69) is 44.3 Å². The monoisotopic (exact) mass is 209 g/mol. The van der Waals surface area contributed by atoms with Crippen LogP contribution in [0, 0.1) is 5.41 Å². The fourth-order valence-electron chi connectivity index (χ4n) is 1.76. The molecule has 0 amide bonds. The molecule has 0 fully saturated rings.